The maximum Gasteiger partial charge on any atom is 0.0759 e. The van der Waals surface area contributed by atoms with E-state index in [0.29, 0.717) is 6.04 Å². The summed E-state index contributed by atoms with van der Waals surface area (Å²) >= 11 is 0. The Morgan fingerprint density at radius 3 is 2.64 bits per heavy atom. The summed E-state index contributed by atoms with van der Waals surface area (Å²) in [5.41, 5.74) is 5.44. The van der Waals surface area contributed by atoms with Gasteiger partial charge in [0.2, 0.25) is 0 Å². The fraction of sp³-hybridized carbons (Fsp3) is 0.318. The van der Waals surface area contributed by atoms with E-state index in [1.165, 1.54) is 28.8 Å². The molecule has 128 valence electrons. The number of aromatic nitrogens is 2. The number of rotatable bonds is 4. The van der Waals surface area contributed by atoms with Gasteiger partial charge in [-0.25, -0.2) is 0 Å². The zero-order valence-corrected chi connectivity index (χ0v) is 14.8. The van der Waals surface area contributed by atoms with Gasteiger partial charge in [-0.3, -0.25) is 9.88 Å². The first-order valence-electron chi connectivity index (χ1n) is 9.22. The van der Waals surface area contributed by atoms with Gasteiger partial charge in [-0.05, 0) is 47.7 Å². The van der Waals surface area contributed by atoms with Gasteiger partial charge in [-0.15, -0.1) is 0 Å². The predicted octanol–water partition coefficient (Wildman–Crippen LogP) is 4.44. The third kappa shape index (κ3) is 3.38. The van der Waals surface area contributed by atoms with Crippen LogP contribution < -0.4 is 0 Å². The Morgan fingerprint density at radius 2 is 1.88 bits per heavy atom. The van der Waals surface area contributed by atoms with Crippen molar-refractivity contribution in [3.05, 3.63) is 89.5 Å². The maximum absolute atomic E-state index is 4.30. The highest BCUT2D eigenvalue weighted by molar-refractivity contribution is 5.32. The van der Waals surface area contributed by atoms with Crippen LogP contribution in [0.1, 0.15) is 41.8 Å². The van der Waals surface area contributed by atoms with Crippen LogP contribution in [0.5, 0.6) is 0 Å². The predicted molar refractivity (Wildman–Crippen MR) is 101 cm³/mol. The first-order valence-corrected chi connectivity index (χ1v) is 9.22. The van der Waals surface area contributed by atoms with E-state index in [0.717, 1.165) is 26.1 Å². The molecule has 4 rings (SSSR count). The summed E-state index contributed by atoms with van der Waals surface area (Å²) in [5, 5.41) is 0. The molecule has 0 radical (unpaired) electrons. The summed E-state index contributed by atoms with van der Waals surface area (Å²) < 4.78 is 2.42. The monoisotopic (exact) mass is 331 g/mol. The zero-order valence-electron chi connectivity index (χ0n) is 14.8. The van der Waals surface area contributed by atoms with Crippen LogP contribution in [-0.4, -0.2) is 21.0 Å². The lowest BCUT2D eigenvalue weighted by Gasteiger charge is -2.30. The lowest BCUT2D eigenvalue weighted by Crippen LogP contribution is -2.29. The molecule has 2 aromatic heterocycles. The molecule has 3 nitrogen and oxygen atoms in total. The van der Waals surface area contributed by atoms with Crippen molar-refractivity contribution in [2.45, 2.75) is 38.9 Å². The number of hydrogen-bond donors (Lipinski definition) is 0. The number of benzene rings is 1. The molecule has 1 aliphatic rings. The first-order chi connectivity index (χ1) is 12.3. The summed E-state index contributed by atoms with van der Waals surface area (Å²) in [6.45, 7) is 5.33. The highest BCUT2D eigenvalue weighted by Crippen LogP contribution is 2.33. The number of pyridine rings is 1. The Labute approximate surface area is 149 Å². The molecule has 3 heterocycles. The number of fused-ring (bicyclic) bond motifs is 1. The summed E-state index contributed by atoms with van der Waals surface area (Å²) in [5.74, 6) is 0. The maximum atomic E-state index is 4.30. The summed E-state index contributed by atoms with van der Waals surface area (Å²) in [7, 11) is 0. The van der Waals surface area contributed by atoms with Crippen LogP contribution in [0.15, 0.2) is 67.1 Å². The van der Waals surface area contributed by atoms with Gasteiger partial charge in [0.15, 0.2) is 0 Å². The second-order valence-electron chi connectivity index (χ2n) is 6.81. The van der Waals surface area contributed by atoms with Crippen molar-refractivity contribution in [1.82, 2.24) is 14.5 Å². The van der Waals surface area contributed by atoms with Crippen molar-refractivity contribution in [1.29, 1.82) is 0 Å². The van der Waals surface area contributed by atoms with Gasteiger partial charge in [0, 0.05) is 43.9 Å². The molecule has 3 heteroatoms. The molecule has 0 amide bonds. The Balaban J connectivity index is 1.72. The lowest BCUT2D eigenvalue weighted by molar-refractivity contribution is 0.220. The van der Waals surface area contributed by atoms with Gasteiger partial charge < -0.3 is 4.57 Å². The van der Waals surface area contributed by atoms with Crippen molar-refractivity contribution in [3.63, 3.8) is 0 Å². The highest BCUT2D eigenvalue weighted by Gasteiger charge is 2.27. The van der Waals surface area contributed by atoms with Crippen LogP contribution in [0.4, 0.5) is 0 Å². The number of aryl methyl sites for hydroxylation is 2. The van der Waals surface area contributed by atoms with Crippen LogP contribution in [0.3, 0.4) is 0 Å². The molecule has 1 aromatic carbocycles. The molecule has 25 heavy (non-hydrogen) atoms. The Hall–Kier alpha value is -2.39. The number of hydrogen-bond acceptors (Lipinski definition) is 2. The third-order valence-electron chi connectivity index (χ3n) is 5.17. The zero-order chi connectivity index (χ0) is 17.1. The van der Waals surface area contributed by atoms with Gasteiger partial charge in [-0.1, -0.05) is 37.3 Å². The van der Waals surface area contributed by atoms with Crippen molar-refractivity contribution in [3.8, 4) is 0 Å². The van der Waals surface area contributed by atoms with E-state index in [1.807, 2.05) is 18.5 Å². The minimum atomic E-state index is 0.295. The fourth-order valence-corrected chi connectivity index (χ4v) is 3.85. The Bertz CT molecular complexity index is 805. The normalized spacial score (nSPS) is 17.9. The van der Waals surface area contributed by atoms with Gasteiger partial charge in [0.05, 0.1) is 6.04 Å². The van der Waals surface area contributed by atoms with Crippen LogP contribution >= 0.6 is 0 Å². The fourth-order valence-electron chi connectivity index (χ4n) is 3.85. The van der Waals surface area contributed by atoms with Crippen LogP contribution in [0.25, 0.3) is 0 Å². The molecule has 0 fully saturated rings. The second-order valence-corrected chi connectivity index (χ2v) is 6.81. The van der Waals surface area contributed by atoms with Crippen molar-refractivity contribution < 1.29 is 0 Å². The van der Waals surface area contributed by atoms with E-state index in [4.69, 9.17) is 0 Å². The molecule has 3 aromatic rings. The minimum Gasteiger partial charge on any atom is -0.350 e. The Morgan fingerprint density at radius 1 is 1.00 bits per heavy atom. The average Bonchev–Trinajstić information content (AvgIpc) is 3.04. The summed E-state index contributed by atoms with van der Waals surface area (Å²) in [6, 6.07) is 18.1. The van der Waals surface area contributed by atoms with Gasteiger partial charge >= 0.3 is 0 Å². The average molecular weight is 331 g/mol. The lowest BCUT2D eigenvalue weighted by atomic mass is 9.99. The first kappa shape index (κ1) is 16.1. The van der Waals surface area contributed by atoms with Gasteiger partial charge in [0.1, 0.15) is 0 Å². The van der Waals surface area contributed by atoms with Crippen LogP contribution in [0.2, 0.25) is 0 Å². The van der Waals surface area contributed by atoms with E-state index < -0.39 is 0 Å². The quantitative estimate of drug-likeness (QED) is 0.705. The van der Waals surface area contributed by atoms with E-state index >= 15 is 0 Å². The molecule has 1 atom stereocenters. The minimum absolute atomic E-state index is 0.295. The molecule has 0 saturated heterocycles. The molecular formula is C22H25N3. The van der Waals surface area contributed by atoms with Crippen LogP contribution in [0, 0.1) is 0 Å². The third-order valence-corrected chi connectivity index (χ3v) is 5.17. The highest BCUT2D eigenvalue weighted by atomic mass is 15.2. The number of nitrogens with zero attached hydrogens (tertiary/aromatic N) is 3. The summed E-state index contributed by atoms with van der Waals surface area (Å²) in [4.78, 5) is 6.89. The second kappa shape index (κ2) is 7.24. The van der Waals surface area contributed by atoms with E-state index in [9.17, 15) is 0 Å². The molecule has 0 bridgehead atoms. The Kier molecular flexibility index (Phi) is 4.66. The molecule has 1 aliphatic heterocycles. The summed E-state index contributed by atoms with van der Waals surface area (Å²) in [6.07, 6.45) is 8.31. The molecule has 0 N–H and O–H groups in total. The molecule has 0 spiro atoms. The van der Waals surface area contributed by atoms with Gasteiger partial charge in [0.25, 0.3) is 0 Å². The largest absolute Gasteiger partial charge is 0.350 e. The molecular weight excluding hydrogens is 306 g/mol. The van der Waals surface area contributed by atoms with Crippen molar-refractivity contribution in [2.75, 3.05) is 6.54 Å². The van der Waals surface area contributed by atoms with Crippen LogP contribution in [-0.2, 0) is 19.5 Å². The smallest absolute Gasteiger partial charge is 0.0759 e. The molecule has 0 saturated carbocycles. The van der Waals surface area contributed by atoms with Gasteiger partial charge in [-0.2, -0.15) is 0 Å². The van der Waals surface area contributed by atoms with E-state index in [2.05, 4.69) is 70.0 Å². The molecule has 0 aliphatic carbocycles. The van der Waals surface area contributed by atoms with E-state index in [1.54, 1.807) is 0 Å². The molecule has 0 unspecified atom stereocenters. The SMILES string of the molecule is CCc1ccc([C@H]2c3cccn3CCCN2Cc2cccnc2)cc1. The van der Waals surface area contributed by atoms with Crippen molar-refractivity contribution >= 4 is 0 Å². The van der Waals surface area contributed by atoms with E-state index in [-0.39, 0.29) is 0 Å². The standard InChI is InChI=1S/C22H25N3/c1-2-18-8-10-20(11-9-18)22-21-7-4-13-24(21)14-5-15-25(22)17-19-6-3-12-23-16-19/h3-4,6-13,16,22H,2,5,14-15,17H2,1H3/t22-/m0/s1. The topological polar surface area (TPSA) is 21.1 Å². The van der Waals surface area contributed by atoms with Crippen molar-refractivity contribution in [2.24, 2.45) is 0 Å².